The summed E-state index contributed by atoms with van der Waals surface area (Å²) in [5, 5.41) is 3.24. The van der Waals surface area contributed by atoms with Crippen LogP contribution in [0.3, 0.4) is 0 Å². The molecule has 3 aromatic carbocycles. The van der Waals surface area contributed by atoms with Crippen LogP contribution in [0.25, 0.3) is 0 Å². The van der Waals surface area contributed by atoms with E-state index in [0.29, 0.717) is 10.8 Å². The molecule has 0 unspecified atom stereocenters. The molecule has 0 saturated heterocycles. The van der Waals surface area contributed by atoms with Gasteiger partial charge in [-0.05, 0) is 53.9 Å². The summed E-state index contributed by atoms with van der Waals surface area (Å²) in [5.74, 6) is 0.296. The topological polar surface area (TPSA) is 84.5 Å². The van der Waals surface area contributed by atoms with E-state index in [-0.39, 0.29) is 17.9 Å². The second-order valence-electron chi connectivity index (χ2n) is 6.88. The Morgan fingerprint density at radius 1 is 0.935 bits per heavy atom. The fraction of sp³-hybridized carbons (Fsp3) is 0.174. The van der Waals surface area contributed by atoms with Gasteiger partial charge in [-0.15, -0.1) is 0 Å². The Labute approximate surface area is 187 Å². The second-order valence-corrected chi connectivity index (χ2v) is 9.03. The maximum atomic E-state index is 12.9. The van der Waals surface area contributed by atoms with Gasteiger partial charge in [-0.25, -0.2) is 8.42 Å². The highest BCUT2D eigenvalue weighted by Crippen LogP contribution is 2.16. The van der Waals surface area contributed by atoms with Crippen LogP contribution in [0.4, 0.5) is 0 Å². The third-order valence-electron chi connectivity index (χ3n) is 4.65. The Morgan fingerprint density at radius 3 is 2.19 bits per heavy atom. The van der Waals surface area contributed by atoms with Crippen molar-refractivity contribution in [3.63, 3.8) is 0 Å². The van der Waals surface area contributed by atoms with Crippen molar-refractivity contribution in [3.8, 4) is 5.75 Å². The maximum Gasteiger partial charge on any atom is 0.241 e. The highest BCUT2D eigenvalue weighted by molar-refractivity contribution is 7.89. The summed E-state index contributed by atoms with van der Waals surface area (Å²) >= 11 is 5.86. The van der Waals surface area contributed by atoms with E-state index in [1.165, 1.54) is 24.3 Å². The molecular weight excluding hydrogens is 436 g/mol. The molecular formula is C23H23ClN2O4S. The first kappa shape index (κ1) is 22.8. The minimum atomic E-state index is -3.92. The van der Waals surface area contributed by atoms with Crippen LogP contribution in [0.1, 0.15) is 11.1 Å². The Balaban J connectivity index is 1.76. The van der Waals surface area contributed by atoms with E-state index < -0.39 is 22.0 Å². The Morgan fingerprint density at radius 2 is 1.58 bits per heavy atom. The van der Waals surface area contributed by atoms with E-state index in [0.717, 1.165) is 11.1 Å². The van der Waals surface area contributed by atoms with Gasteiger partial charge in [-0.3, -0.25) is 4.79 Å². The molecule has 0 aliphatic heterocycles. The van der Waals surface area contributed by atoms with Gasteiger partial charge >= 0.3 is 0 Å². The first-order valence-corrected chi connectivity index (χ1v) is 11.5. The molecule has 3 aromatic rings. The first-order valence-electron chi connectivity index (χ1n) is 9.60. The number of halogens is 1. The summed E-state index contributed by atoms with van der Waals surface area (Å²) in [6.45, 7) is 0.261. The number of benzene rings is 3. The number of nitrogens with one attached hydrogen (secondary N) is 2. The second kappa shape index (κ2) is 10.4. The van der Waals surface area contributed by atoms with E-state index in [1.54, 1.807) is 19.2 Å². The minimum absolute atomic E-state index is 0.0397. The van der Waals surface area contributed by atoms with Gasteiger partial charge in [0, 0.05) is 11.6 Å². The standard InChI is InChI=1S/C23H23ClN2O4S/c1-30-20-11-7-18(8-12-20)16-25-23(27)22(15-17-5-3-2-4-6-17)26-31(28,29)21-13-9-19(24)10-14-21/h2-14,22,26H,15-16H2,1H3,(H,25,27)/t22-/m0/s1. The van der Waals surface area contributed by atoms with Gasteiger partial charge in [0.1, 0.15) is 11.8 Å². The minimum Gasteiger partial charge on any atom is -0.497 e. The molecule has 31 heavy (non-hydrogen) atoms. The van der Waals surface area contributed by atoms with Crippen molar-refractivity contribution >= 4 is 27.5 Å². The largest absolute Gasteiger partial charge is 0.497 e. The third-order valence-corrected chi connectivity index (χ3v) is 6.39. The molecule has 1 atom stereocenters. The summed E-state index contributed by atoms with van der Waals surface area (Å²) < 4.78 is 33.4. The Kier molecular flexibility index (Phi) is 7.68. The summed E-state index contributed by atoms with van der Waals surface area (Å²) in [7, 11) is -2.34. The number of methoxy groups -OCH3 is 1. The zero-order valence-corrected chi connectivity index (χ0v) is 18.5. The first-order chi connectivity index (χ1) is 14.9. The summed E-state index contributed by atoms with van der Waals surface area (Å²) in [6, 6.07) is 21.3. The molecule has 1 amide bonds. The molecule has 0 saturated carbocycles. The van der Waals surface area contributed by atoms with E-state index in [2.05, 4.69) is 10.0 Å². The molecule has 0 aromatic heterocycles. The van der Waals surface area contributed by atoms with Crippen LogP contribution in [-0.2, 0) is 27.8 Å². The number of sulfonamides is 1. The average molecular weight is 459 g/mol. The van der Waals surface area contributed by atoms with Crippen LogP contribution in [0, 0.1) is 0 Å². The lowest BCUT2D eigenvalue weighted by molar-refractivity contribution is -0.122. The highest BCUT2D eigenvalue weighted by atomic mass is 35.5. The SMILES string of the molecule is COc1ccc(CNC(=O)[C@H](Cc2ccccc2)NS(=O)(=O)c2ccc(Cl)cc2)cc1. The number of hydrogen-bond acceptors (Lipinski definition) is 4. The van der Waals surface area contributed by atoms with Gasteiger partial charge in [0.15, 0.2) is 0 Å². The Bertz CT molecular complexity index is 1100. The van der Waals surface area contributed by atoms with Crippen molar-refractivity contribution in [2.24, 2.45) is 0 Å². The van der Waals surface area contributed by atoms with Crippen LogP contribution in [0.2, 0.25) is 5.02 Å². The number of hydrogen-bond donors (Lipinski definition) is 2. The molecule has 6 nitrogen and oxygen atoms in total. The van der Waals surface area contributed by atoms with Gasteiger partial charge in [-0.1, -0.05) is 54.1 Å². The molecule has 0 fully saturated rings. The van der Waals surface area contributed by atoms with Gasteiger partial charge in [0.2, 0.25) is 15.9 Å². The van der Waals surface area contributed by atoms with Gasteiger partial charge in [0.05, 0.1) is 12.0 Å². The lowest BCUT2D eigenvalue weighted by Gasteiger charge is -2.19. The van der Waals surface area contributed by atoms with E-state index >= 15 is 0 Å². The fourth-order valence-corrected chi connectivity index (χ4v) is 4.28. The molecule has 0 heterocycles. The summed E-state index contributed by atoms with van der Waals surface area (Å²) in [6.07, 6.45) is 0.210. The van der Waals surface area contributed by atoms with Gasteiger partial charge in [-0.2, -0.15) is 4.72 Å². The predicted molar refractivity (Wildman–Crippen MR) is 121 cm³/mol. The van der Waals surface area contributed by atoms with Crippen LogP contribution in [-0.4, -0.2) is 27.5 Å². The molecule has 8 heteroatoms. The third kappa shape index (κ3) is 6.55. The number of ether oxygens (including phenoxy) is 1. The molecule has 0 bridgehead atoms. The van der Waals surface area contributed by atoms with E-state index in [4.69, 9.17) is 16.3 Å². The van der Waals surface area contributed by atoms with Crippen molar-refractivity contribution in [3.05, 3.63) is 95.0 Å². The van der Waals surface area contributed by atoms with Crippen LogP contribution >= 0.6 is 11.6 Å². The lowest BCUT2D eigenvalue weighted by atomic mass is 10.1. The smallest absolute Gasteiger partial charge is 0.241 e. The average Bonchev–Trinajstić information content (AvgIpc) is 2.78. The molecule has 0 aliphatic carbocycles. The van der Waals surface area contributed by atoms with Gasteiger partial charge < -0.3 is 10.1 Å². The van der Waals surface area contributed by atoms with E-state index in [1.807, 2.05) is 42.5 Å². The molecule has 0 radical (unpaired) electrons. The molecule has 0 spiro atoms. The maximum absolute atomic E-state index is 12.9. The number of amides is 1. The zero-order chi connectivity index (χ0) is 22.3. The van der Waals surface area contributed by atoms with Crippen molar-refractivity contribution in [1.82, 2.24) is 10.0 Å². The number of carbonyl (C=O) groups excluding carboxylic acids is 1. The summed E-state index contributed by atoms with van der Waals surface area (Å²) in [5.41, 5.74) is 1.71. The van der Waals surface area contributed by atoms with Crippen LogP contribution < -0.4 is 14.8 Å². The predicted octanol–water partition coefficient (Wildman–Crippen LogP) is 3.55. The monoisotopic (exact) mass is 458 g/mol. The normalized spacial score (nSPS) is 12.2. The molecule has 162 valence electrons. The lowest BCUT2D eigenvalue weighted by Crippen LogP contribution is -2.47. The number of rotatable bonds is 9. The van der Waals surface area contributed by atoms with Crippen molar-refractivity contribution < 1.29 is 17.9 Å². The van der Waals surface area contributed by atoms with Gasteiger partial charge in [0.25, 0.3) is 0 Å². The molecule has 2 N–H and O–H groups in total. The molecule has 3 rings (SSSR count). The highest BCUT2D eigenvalue weighted by Gasteiger charge is 2.26. The molecule has 0 aliphatic rings. The van der Waals surface area contributed by atoms with Crippen LogP contribution in [0.5, 0.6) is 5.75 Å². The summed E-state index contributed by atoms with van der Waals surface area (Å²) in [4.78, 5) is 13.0. The Hall–Kier alpha value is -2.87. The quantitative estimate of drug-likeness (QED) is 0.513. The van der Waals surface area contributed by atoms with E-state index in [9.17, 15) is 13.2 Å². The fourth-order valence-electron chi connectivity index (χ4n) is 2.96. The van der Waals surface area contributed by atoms with Crippen molar-refractivity contribution in [2.75, 3.05) is 7.11 Å². The van der Waals surface area contributed by atoms with Crippen LogP contribution in [0.15, 0.2) is 83.8 Å². The number of carbonyl (C=O) groups is 1. The van der Waals surface area contributed by atoms with Crippen molar-refractivity contribution in [2.45, 2.75) is 23.9 Å². The zero-order valence-electron chi connectivity index (χ0n) is 16.9. The van der Waals surface area contributed by atoms with Crippen molar-refractivity contribution in [1.29, 1.82) is 0 Å².